The van der Waals surface area contributed by atoms with E-state index in [1.807, 2.05) is 20.8 Å². The Kier molecular flexibility index (Phi) is 5.64. The van der Waals surface area contributed by atoms with Crippen LogP contribution in [0.1, 0.15) is 49.5 Å². The van der Waals surface area contributed by atoms with Crippen LogP contribution in [0.5, 0.6) is 0 Å². The first kappa shape index (κ1) is 16.9. The molecule has 1 amide bonds. The van der Waals surface area contributed by atoms with E-state index in [-0.39, 0.29) is 5.56 Å². The van der Waals surface area contributed by atoms with Crippen molar-refractivity contribution in [1.29, 1.82) is 0 Å². The molecule has 114 valence electrons. The fraction of sp³-hybridized carbons (Fsp3) is 0.375. The lowest BCUT2D eigenvalue weighted by molar-refractivity contribution is -0.131. The molecule has 0 saturated carbocycles. The zero-order valence-corrected chi connectivity index (χ0v) is 12.4. The molecular formula is C16H20FNO3. The summed E-state index contributed by atoms with van der Waals surface area (Å²) in [5, 5.41) is 11.4. The van der Waals surface area contributed by atoms with Crippen molar-refractivity contribution in [1.82, 2.24) is 5.32 Å². The minimum absolute atomic E-state index is 0.0873. The number of halogens is 1. The number of rotatable bonds is 6. The Morgan fingerprint density at radius 3 is 2.48 bits per heavy atom. The molecule has 0 fully saturated rings. The molecule has 0 aliphatic rings. The van der Waals surface area contributed by atoms with Crippen molar-refractivity contribution >= 4 is 18.0 Å². The SMILES string of the molecule is CCC(C)(CC)NC(=O)c1cc(/C=C/C(=O)O)ccc1F. The van der Waals surface area contributed by atoms with Crippen molar-refractivity contribution in [3.63, 3.8) is 0 Å². The first-order chi connectivity index (χ1) is 9.81. The Bertz CT molecular complexity index is 563. The van der Waals surface area contributed by atoms with Gasteiger partial charge in [0.25, 0.3) is 5.91 Å². The number of carboxylic acids is 1. The molecule has 21 heavy (non-hydrogen) atoms. The number of carbonyl (C=O) groups excluding carboxylic acids is 1. The second-order valence-electron chi connectivity index (χ2n) is 5.13. The maximum atomic E-state index is 13.8. The smallest absolute Gasteiger partial charge is 0.328 e. The van der Waals surface area contributed by atoms with Crippen molar-refractivity contribution in [3.8, 4) is 0 Å². The number of carboxylic acid groups (broad SMARTS) is 1. The maximum absolute atomic E-state index is 13.8. The van der Waals surface area contributed by atoms with Crippen molar-refractivity contribution < 1.29 is 19.1 Å². The summed E-state index contributed by atoms with van der Waals surface area (Å²) >= 11 is 0. The lowest BCUT2D eigenvalue weighted by Crippen LogP contribution is -2.45. The zero-order valence-electron chi connectivity index (χ0n) is 12.4. The summed E-state index contributed by atoms with van der Waals surface area (Å²) < 4.78 is 13.8. The Balaban J connectivity index is 3.03. The third kappa shape index (κ3) is 4.70. The highest BCUT2D eigenvalue weighted by Crippen LogP contribution is 2.17. The van der Waals surface area contributed by atoms with Crippen molar-refractivity contribution in [2.45, 2.75) is 39.2 Å². The molecule has 0 bridgehead atoms. The number of nitrogens with one attached hydrogen (secondary N) is 1. The van der Waals surface area contributed by atoms with Crippen LogP contribution in [0.3, 0.4) is 0 Å². The van der Waals surface area contributed by atoms with Gasteiger partial charge in [0.15, 0.2) is 0 Å². The molecular weight excluding hydrogens is 273 g/mol. The van der Waals surface area contributed by atoms with Gasteiger partial charge >= 0.3 is 5.97 Å². The second-order valence-corrected chi connectivity index (χ2v) is 5.13. The number of hydrogen-bond donors (Lipinski definition) is 2. The predicted molar refractivity (Wildman–Crippen MR) is 79.5 cm³/mol. The van der Waals surface area contributed by atoms with Gasteiger partial charge in [-0.25, -0.2) is 9.18 Å². The zero-order chi connectivity index (χ0) is 16.0. The molecule has 4 nitrogen and oxygen atoms in total. The highest BCUT2D eigenvalue weighted by atomic mass is 19.1. The van der Waals surface area contributed by atoms with E-state index in [2.05, 4.69) is 5.32 Å². The molecule has 0 spiro atoms. The first-order valence-electron chi connectivity index (χ1n) is 6.84. The van der Waals surface area contributed by atoms with Crippen LogP contribution in [0.15, 0.2) is 24.3 Å². The fourth-order valence-electron chi connectivity index (χ4n) is 1.76. The summed E-state index contributed by atoms with van der Waals surface area (Å²) in [5.41, 5.74) is -0.0227. The average molecular weight is 293 g/mol. The molecule has 0 aliphatic heterocycles. The molecule has 2 N–H and O–H groups in total. The molecule has 1 aromatic carbocycles. The van der Waals surface area contributed by atoms with E-state index >= 15 is 0 Å². The molecule has 0 aromatic heterocycles. The van der Waals surface area contributed by atoms with Crippen LogP contribution in [0.2, 0.25) is 0 Å². The lowest BCUT2D eigenvalue weighted by atomic mass is 9.95. The fourth-order valence-corrected chi connectivity index (χ4v) is 1.76. The number of benzene rings is 1. The quantitative estimate of drug-likeness (QED) is 0.791. The van der Waals surface area contributed by atoms with Crippen molar-refractivity contribution in [2.24, 2.45) is 0 Å². The van der Waals surface area contributed by atoms with Gasteiger partial charge in [-0.15, -0.1) is 0 Å². The van der Waals surface area contributed by atoms with Crippen molar-refractivity contribution in [2.75, 3.05) is 0 Å². The Hall–Kier alpha value is -2.17. The summed E-state index contributed by atoms with van der Waals surface area (Å²) in [5.74, 6) is -2.23. The minimum atomic E-state index is -1.10. The van der Waals surface area contributed by atoms with E-state index in [0.717, 1.165) is 25.0 Å². The predicted octanol–water partition coefficient (Wildman–Crippen LogP) is 3.23. The molecule has 1 rings (SSSR count). The topological polar surface area (TPSA) is 66.4 Å². The first-order valence-corrected chi connectivity index (χ1v) is 6.84. The number of amides is 1. The Labute approximate surface area is 123 Å². The molecule has 0 saturated heterocycles. The van der Waals surface area contributed by atoms with Gasteiger partial charge in [0, 0.05) is 11.6 Å². The summed E-state index contributed by atoms with van der Waals surface area (Å²) in [7, 11) is 0. The van der Waals surface area contributed by atoms with Gasteiger partial charge in [0.05, 0.1) is 5.56 Å². The van der Waals surface area contributed by atoms with Crippen LogP contribution in [-0.2, 0) is 4.79 Å². The minimum Gasteiger partial charge on any atom is -0.478 e. The molecule has 0 unspecified atom stereocenters. The van der Waals surface area contributed by atoms with Crippen LogP contribution in [0, 0.1) is 5.82 Å². The summed E-state index contributed by atoms with van der Waals surface area (Å²) in [6.07, 6.45) is 3.72. The normalized spacial score (nSPS) is 11.6. The molecule has 1 aromatic rings. The van der Waals surface area contributed by atoms with Gasteiger partial charge < -0.3 is 10.4 Å². The molecule has 0 radical (unpaired) electrons. The molecule has 5 heteroatoms. The monoisotopic (exact) mass is 293 g/mol. The number of hydrogen-bond acceptors (Lipinski definition) is 2. The third-order valence-electron chi connectivity index (χ3n) is 3.63. The van der Waals surface area contributed by atoms with Crippen LogP contribution < -0.4 is 5.32 Å². The highest BCUT2D eigenvalue weighted by Gasteiger charge is 2.24. The van der Waals surface area contributed by atoms with Crippen LogP contribution >= 0.6 is 0 Å². The molecule has 0 atom stereocenters. The van der Waals surface area contributed by atoms with Crippen molar-refractivity contribution in [3.05, 3.63) is 41.2 Å². The molecule has 0 aliphatic carbocycles. The van der Waals surface area contributed by atoms with Gasteiger partial charge in [-0.3, -0.25) is 4.79 Å². The molecule has 0 heterocycles. The van der Waals surface area contributed by atoms with E-state index in [0.29, 0.717) is 5.56 Å². The summed E-state index contributed by atoms with van der Waals surface area (Å²) in [6, 6.07) is 3.92. The lowest BCUT2D eigenvalue weighted by Gasteiger charge is -2.28. The highest BCUT2D eigenvalue weighted by molar-refractivity contribution is 5.96. The largest absolute Gasteiger partial charge is 0.478 e. The van der Waals surface area contributed by atoms with E-state index in [9.17, 15) is 14.0 Å². The average Bonchev–Trinajstić information content (AvgIpc) is 2.46. The van der Waals surface area contributed by atoms with Gasteiger partial charge in [0.1, 0.15) is 5.82 Å². The number of aliphatic carboxylic acids is 1. The van der Waals surface area contributed by atoms with Gasteiger partial charge in [-0.05, 0) is 43.5 Å². The Morgan fingerprint density at radius 2 is 1.95 bits per heavy atom. The Morgan fingerprint density at radius 1 is 1.33 bits per heavy atom. The van der Waals surface area contributed by atoms with Crippen LogP contribution in [0.4, 0.5) is 4.39 Å². The number of carbonyl (C=O) groups is 2. The van der Waals surface area contributed by atoms with E-state index in [4.69, 9.17) is 5.11 Å². The third-order valence-corrected chi connectivity index (χ3v) is 3.63. The van der Waals surface area contributed by atoms with E-state index in [1.54, 1.807) is 0 Å². The summed E-state index contributed by atoms with van der Waals surface area (Å²) in [6.45, 7) is 5.80. The second kappa shape index (κ2) is 7.02. The van der Waals surface area contributed by atoms with Gasteiger partial charge in [-0.1, -0.05) is 19.9 Å². The standard InChI is InChI=1S/C16H20FNO3/c1-4-16(3,5-2)18-15(21)12-10-11(6-8-13(12)17)7-9-14(19)20/h6-10H,4-5H2,1-3H3,(H,18,21)(H,19,20)/b9-7+. The summed E-state index contributed by atoms with van der Waals surface area (Å²) in [4.78, 5) is 22.7. The van der Waals surface area contributed by atoms with Crippen LogP contribution in [-0.4, -0.2) is 22.5 Å². The van der Waals surface area contributed by atoms with Gasteiger partial charge in [-0.2, -0.15) is 0 Å². The van der Waals surface area contributed by atoms with Crippen LogP contribution in [0.25, 0.3) is 6.08 Å². The van der Waals surface area contributed by atoms with Gasteiger partial charge in [0.2, 0.25) is 0 Å². The van der Waals surface area contributed by atoms with E-state index in [1.165, 1.54) is 18.2 Å². The maximum Gasteiger partial charge on any atom is 0.328 e. The van der Waals surface area contributed by atoms with E-state index < -0.39 is 23.2 Å².